The molecule has 0 saturated heterocycles. The molecule has 0 heterocycles. The van der Waals surface area contributed by atoms with Crippen LogP contribution in [0.4, 0.5) is 5.69 Å². The van der Waals surface area contributed by atoms with Crippen LogP contribution in [-0.4, -0.2) is 50.0 Å². The highest BCUT2D eigenvalue weighted by Crippen LogP contribution is 2.23. The van der Waals surface area contributed by atoms with Gasteiger partial charge in [0, 0.05) is 28.5 Å². The molecule has 10 heteroatoms. The third-order valence-electron chi connectivity index (χ3n) is 6.33. The summed E-state index contributed by atoms with van der Waals surface area (Å²) < 4.78 is 27.4. The van der Waals surface area contributed by atoms with Crippen LogP contribution in [0.1, 0.15) is 31.4 Å². The standard InChI is InChI=1S/C29H33BrClN3O4S/c1-4-21(2)32-29(36)27(18-22-8-6-5-7-9-22)33(19-23-10-14-25(31)15-11-23)28(35)20-34(39(3,37)38)26-16-12-24(30)13-17-26/h5-17,21,27H,4,18-20H2,1-3H3,(H,32,36)/t21-,27-/m0/s1. The average molecular weight is 635 g/mol. The normalized spacial score (nSPS) is 12.8. The van der Waals surface area contributed by atoms with Crippen LogP contribution < -0.4 is 9.62 Å². The minimum absolute atomic E-state index is 0.0966. The fourth-order valence-electron chi connectivity index (χ4n) is 4.00. The molecule has 3 aromatic rings. The van der Waals surface area contributed by atoms with Gasteiger partial charge in [0.1, 0.15) is 12.6 Å². The van der Waals surface area contributed by atoms with Crippen LogP contribution >= 0.6 is 27.5 Å². The summed E-state index contributed by atoms with van der Waals surface area (Å²) in [6.07, 6.45) is 2.04. The highest BCUT2D eigenvalue weighted by molar-refractivity contribution is 9.10. The number of carbonyl (C=O) groups is 2. The van der Waals surface area contributed by atoms with Crippen molar-refractivity contribution in [2.45, 2.75) is 45.3 Å². The molecule has 0 unspecified atom stereocenters. The second-order valence-electron chi connectivity index (χ2n) is 9.42. The molecule has 0 fully saturated rings. The number of amides is 2. The Labute approximate surface area is 244 Å². The Bertz CT molecular complexity index is 1350. The van der Waals surface area contributed by atoms with Gasteiger partial charge in [-0.05, 0) is 60.9 Å². The summed E-state index contributed by atoms with van der Waals surface area (Å²) in [5.41, 5.74) is 1.99. The van der Waals surface area contributed by atoms with E-state index in [1.165, 1.54) is 4.90 Å². The van der Waals surface area contributed by atoms with E-state index in [1.807, 2.05) is 44.2 Å². The molecule has 0 radical (unpaired) electrons. The van der Waals surface area contributed by atoms with Gasteiger partial charge in [-0.25, -0.2) is 8.42 Å². The van der Waals surface area contributed by atoms with Gasteiger partial charge in [0.25, 0.3) is 0 Å². The van der Waals surface area contributed by atoms with Gasteiger partial charge in [0.15, 0.2) is 0 Å². The maximum absolute atomic E-state index is 14.0. The smallest absolute Gasteiger partial charge is 0.244 e. The van der Waals surface area contributed by atoms with Crippen LogP contribution in [0, 0.1) is 0 Å². The topological polar surface area (TPSA) is 86.8 Å². The summed E-state index contributed by atoms with van der Waals surface area (Å²) in [6, 6.07) is 22.2. The van der Waals surface area contributed by atoms with Crippen LogP contribution in [0.15, 0.2) is 83.3 Å². The minimum Gasteiger partial charge on any atom is -0.352 e. The number of carbonyl (C=O) groups excluding carboxylic acids is 2. The maximum Gasteiger partial charge on any atom is 0.244 e. The monoisotopic (exact) mass is 633 g/mol. The lowest BCUT2D eigenvalue weighted by Gasteiger charge is -2.34. The summed E-state index contributed by atoms with van der Waals surface area (Å²) >= 11 is 9.44. The van der Waals surface area contributed by atoms with E-state index in [1.54, 1.807) is 48.5 Å². The maximum atomic E-state index is 14.0. The predicted octanol–water partition coefficient (Wildman–Crippen LogP) is 5.42. The van der Waals surface area contributed by atoms with Gasteiger partial charge in [-0.1, -0.05) is 76.9 Å². The first kappa shape index (κ1) is 30.7. The van der Waals surface area contributed by atoms with Crippen molar-refractivity contribution in [2.75, 3.05) is 17.1 Å². The van der Waals surface area contributed by atoms with E-state index in [-0.39, 0.29) is 24.9 Å². The summed E-state index contributed by atoms with van der Waals surface area (Å²) in [4.78, 5) is 29.1. The molecule has 0 aromatic heterocycles. The minimum atomic E-state index is -3.81. The van der Waals surface area contributed by atoms with Gasteiger partial charge >= 0.3 is 0 Å². The molecule has 0 saturated carbocycles. The van der Waals surface area contributed by atoms with Crippen LogP contribution in [0.2, 0.25) is 5.02 Å². The highest BCUT2D eigenvalue weighted by Gasteiger charge is 2.33. The molecule has 208 valence electrons. The van der Waals surface area contributed by atoms with Crippen molar-refractivity contribution in [3.63, 3.8) is 0 Å². The Kier molecular flexibility index (Phi) is 11.0. The van der Waals surface area contributed by atoms with Gasteiger partial charge in [0.05, 0.1) is 11.9 Å². The van der Waals surface area contributed by atoms with E-state index in [0.717, 1.165) is 32.6 Å². The predicted molar refractivity (Wildman–Crippen MR) is 160 cm³/mol. The van der Waals surface area contributed by atoms with Crippen molar-refractivity contribution in [1.29, 1.82) is 0 Å². The van der Waals surface area contributed by atoms with Crippen LogP contribution in [0.3, 0.4) is 0 Å². The number of hydrogen-bond acceptors (Lipinski definition) is 4. The van der Waals surface area contributed by atoms with E-state index in [9.17, 15) is 18.0 Å². The Morgan fingerprint density at radius 2 is 1.56 bits per heavy atom. The number of halogens is 2. The van der Waals surface area contributed by atoms with E-state index in [2.05, 4.69) is 21.2 Å². The summed E-state index contributed by atoms with van der Waals surface area (Å²) in [5.74, 6) is -0.802. The van der Waals surface area contributed by atoms with Gasteiger partial charge < -0.3 is 10.2 Å². The zero-order valence-corrected chi connectivity index (χ0v) is 25.3. The van der Waals surface area contributed by atoms with Crippen molar-refractivity contribution >= 4 is 55.1 Å². The first-order valence-electron chi connectivity index (χ1n) is 12.6. The van der Waals surface area contributed by atoms with Crippen molar-refractivity contribution < 1.29 is 18.0 Å². The molecule has 2 atom stereocenters. The Morgan fingerprint density at radius 1 is 0.949 bits per heavy atom. The number of hydrogen-bond donors (Lipinski definition) is 1. The number of anilines is 1. The largest absolute Gasteiger partial charge is 0.352 e. The molecule has 0 aliphatic heterocycles. The Hall–Kier alpha value is -2.88. The molecule has 3 rings (SSSR count). The zero-order valence-electron chi connectivity index (χ0n) is 22.2. The van der Waals surface area contributed by atoms with Crippen molar-refractivity contribution in [2.24, 2.45) is 0 Å². The second-order valence-corrected chi connectivity index (χ2v) is 12.7. The third-order valence-corrected chi connectivity index (χ3v) is 8.25. The number of benzene rings is 3. The van der Waals surface area contributed by atoms with E-state index < -0.39 is 28.5 Å². The van der Waals surface area contributed by atoms with Crippen LogP contribution in [0.25, 0.3) is 0 Å². The van der Waals surface area contributed by atoms with Gasteiger partial charge in [0.2, 0.25) is 21.8 Å². The van der Waals surface area contributed by atoms with Crippen molar-refractivity contribution in [3.8, 4) is 0 Å². The quantitative estimate of drug-likeness (QED) is 0.288. The number of nitrogens with zero attached hydrogens (tertiary/aromatic N) is 2. The Balaban J connectivity index is 2.04. The fourth-order valence-corrected chi connectivity index (χ4v) is 5.24. The average Bonchev–Trinajstić information content (AvgIpc) is 2.90. The SMILES string of the molecule is CC[C@H](C)NC(=O)[C@H](Cc1ccccc1)N(Cc1ccc(Cl)cc1)C(=O)CN(c1ccc(Br)cc1)S(C)(=O)=O. The number of nitrogens with one attached hydrogen (secondary N) is 1. The van der Waals surface area contributed by atoms with Gasteiger partial charge in [-0.2, -0.15) is 0 Å². The Morgan fingerprint density at radius 3 is 2.13 bits per heavy atom. The molecule has 2 amide bonds. The lowest BCUT2D eigenvalue weighted by Crippen LogP contribution is -2.54. The molecule has 1 N–H and O–H groups in total. The van der Waals surface area contributed by atoms with Gasteiger partial charge in [-0.3, -0.25) is 13.9 Å². The summed E-state index contributed by atoms with van der Waals surface area (Å²) in [5, 5.41) is 3.56. The van der Waals surface area contributed by atoms with E-state index >= 15 is 0 Å². The zero-order chi connectivity index (χ0) is 28.6. The molecular formula is C29H33BrClN3O4S. The molecule has 0 aliphatic carbocycles. The van der Waals surface area contributed by atoms with Crippen molar-refractivity contribution in [3.05, 3.63) is 99.5 Å². The van der Waals surface area contributed by atoms with Crippen LogP contribution in [-0.2, 0) is 32.6 Å². The molecule has 0 bridgehead atoms. The lowest BCUT2D eigenvalue weighted by molar-refractivity contribution is -0.140. The molecule has 7 nitrogen and oxygen atoms in total. The summed E-state index contributed by atoms with van der Waals surface area (Å²) in [7, 11) is -3.81. The number of sulfonamides is 1. The third kappa shape index (κ3) is 9.08. The van der Waals surface area contributed by atoms with Crippen molar-refractivity contribution in [1.82, 2.24) is 10.2 Å². The van der Waals surface area contributed by atoms with Crippen LogP contribution in [0.5, 0.6) is 0 Å². The van der Waals surface area contributed by atoms with E-state index in [4.69, 9.17) is 11.6 Å². The first-order valence-corrected chi connectivity index (χ1v) is 15.6. The second kappa shape index (κ2) is 14.0. The lowest BCUT2D eigenvalue weighted by atomic mass is 10.0. The molecule has 0 aliphatic rings. The fraction of sp³-hybridized carbons (Fsp3) is 0.310. The molecule has 0 spiro atoms. The highest BCUT2D eigenvalue weighted by atomic mass is 79.9. The molecular weight excluding hydrogens is 602 g/mol. The summed E-state index contributed by atoms with van der Waals surface area (Å²) in [6.45, 7) is 3.51. The molecule has 39 heavy (non-hydrogen) atoms. The first-order chi connectivity index (χ1) is 18.5. The number of rotatable bonds is 12. The molecule has 3 aromatic carbocycles. The van der Waals surface area contributed by atoms with E-state index in [0.29, 0.717) is 10.7 Å². The van der Waals surface area contributed by atoms with Gasteiger partial charge in [-0.15, -0.1) is 0 Å².